The molecule has 0 saturated carbocycles. The van der Waals surface area contributed by atoms with Crippen molar-refractivity contribution in [1.82, 2.24) is 5.32 Å². The first-order valence-electron chi connectivity index (χ1n) is 5.97. The van der Waals surface area contributed by atoms with Crippen LogP contribution < -0.4 is 5.32 Å². The number of hydrogen-bond acceptors (Lipinski definition) is 2. The summed E-state index contributed by atoms with van der Waals surface area (Å²) in [5.41, 5.74) is 0.516. The van der Waals surface area contributed by atoms with E-state index in [4.69, 9.17) is 16.3 Å². The van der Waals surface area contributed by atoms with Gasteiger partial charge in [0.25, 0.3) is 0 Å². The molecule has 2 nitrogen and oxygen atoms in total. The predicted octanol–water partition coefficient (Wildman–Crippen LogP) is 3.39. The third-order valence-corrected chi connectivity index (χ3v) is 2.78. The molecule has 96 valence electrons. The lowest BCUT2D eigenvalue weighted by atomic mass is 10.2. The van der Waals surface area contributed by atoms with Gasteiger partial charge in [-0.05, 0) is 18.6 Å². The maximum Gasteiger partial charge on any atom is 0.129 e. The molecule has 17 heavy (non-hydrogen) atoms. The van der Waals surface area contributed by atoms with Crippen LogP contribution in [-0.4, -0.2) is 19.8 Å². The lowest BCUT2D eigenvalue weighted by Crippen LogP contribution is -2.20. The molecule has 0 bridgehead atoms. The van der Waals surface area contributed by atoms with Gasteiger partial charge < -0.3 is 10.1 Å². The number of nitrogens with one attached hydrogen (secondary N) is 1. The first-order chi connectivity index (χ1) is 8.25. The summed E-state index contributed by atoms with van der Waals surface area (Å²) in [6, 6.07) is 4.72. The molecule has 1 aromatic rings. The van der Waals surface area contributed by atoms with Gasteiger partial charge in [-0.1, -0.05) is 31.0 Å². The smallest absolute Gasteiger partial charge is 0.129 e. The minimum absolute atomic E-state index is 0.267. The summed E-state index contributed by atoms with van der Waals surface area (Å²) in [7, 11) is 0. The van der Waals surface area contributed by atoms with Crippen LogP contribution in [0, 0.1) is 5.82 Å². The van der Waals surface area contributed by atoms with Crippen LogP contribution in [0.25, 0.3) is 0 Å². The Bertz CT molecular complexity index is 313. The SMILES string of the molecule is CCCCOCCNCc1c(F)cccc1Cl. The fraction of sp³-hybridized carbons (Fsp3) is 0.538. The lowest BCUT2D eigenvalue weighted by molar-refractivity contribution is 0.133. The molecular formula is C13H19ClFNO. The van der Waals surface area contributed by atoms with Gasteiger partial charge in [0, 0.05) is 30.3 Å². The monoisotopic (exact) mass is 259 g/mol. The summed E-state index contributed by atoms with van der Waals surface area (Å²) in [6.45, 7) is 4.70. The highest BCUT2D eigenvalue weighted by molar-refractivity contribution is 6.31. The van der Waals surface area contributed by atoms with Crippen molar-refractivity contribution in [3.63, 3.8) is 0 Å². The highest BCUT2D eigenvalue weighted by Crippen LogP contribution is 2.18. The molecular weight excluding hydrogens is 241 g/mol. The summed E-state index contributed by atoms with van der Waals surface area (Å²) in [4.78, 5) is 0. The molecule has 0 saturated heterocycles. The fourth-order valence-electron chi connectivity index (χ4n) is 1.41. The molecule has 1 aromatic carbocycles. The molecule has 0 aromatic heterocycles. The number of ether oxygens (including phenoxy) is 1. The molecule has 0 atom stereocenters. The number of rotatable bonds is 8. The summed E-state index contributed by atoms with van der Waals surface area (Å²) >= 11 is 5.90. The van der Waals surface area contributed by atoms with Gasteiger partial charge >= 0.3 is 0 Å². The zero-order chi connectivity index (χ0) is 12.5. The number of benzene rings is 1. The minimum atomic E-state index is -0.267. The van der Waals surface area contributed by atoms with Crippen molar-refractivity contribution in [3.05, 3.63) is 34.6 Å². The highest BCUT2D eigenvalue weighted by Gasteiger charge is 2.05. The molecule has 1 N–H and O–H groups in total. The normalized spacial score (nSPS) is 10.8. The molecule has 0 radical (unpaired) electrons. The predicted molar refractivity (Wildman–Crippen MR) is 68.8 cm³/mol. The minimum Gasteiger partial charge on any atom is -0.380 e. The Morgan fingerprint density at radius 2 is 2.18 bits per heavy atom. The van der Waals surface area contributed by atoms with E-state index in [1.54, 1.807) is 12.1 Å². The van der Waals surface area contributed by atoms with Crippen LogP contribution in [0.3, 0.4) is 0 Å². The summed E-state index contributed by atoms with van der Waals surface area (Å²) in [6.07, 6.45) is 2.22. The third-order valence-electron chi connectivity index (χ3n) is 2.43. The molecule has 1 rings (SSSR count). The van der Waals surface area contributed by atoms with Crippen molar-refractivity contribution in [1.29, 1.82) is 0 Å². The Morgan fingerprint density at radius 3 is 2.88 bits per heavy atom. The zero-order valence-corrected chi connectivity index (χ0v) is 10.9. The van der Waals surface area contributed by atoms with Gasteiger partial charge in [0.05, 0.1) is 6.61 Å². The van der Waals surface area contributed by atoms with Crippen molar-refractivity contribution in [2.75, 3.05) is 19.8 Å². The Labute approximate surface area is 107 Å². The number of unbranched alkanes of at least 4 members (excludes halogenated alkanes) is 1. The van der Waals surface area contributed by atoms with Gasteiger partial charge in [0.2, 0.25) is 0 Å². The van der Waals surface area contributed by atoms with E-state index in [0.29, 0.717) is 30.3 Å². The average Bonchev–Trinajstić information content (AvgIpc) is 2.31. The Balaban J connectivity index is 2.18. The average molecular weight is 260 g/mol. The maximum atomic E-state index is 13.4. The topological polar surface area (TPSA) is 21.3 Å². The van der Waals surface area contributed by atoms with E-state index >= 15 is 0 Å². The number of hydrogen-bond donors (Lipinski definition) is 1. The zero-order valence-electron chi connectivity index (χ0n) is 10.1. The largest absolute Gasteiger partial charge is 0.380 e. The second kappa shape index (κ2) is 8.45. The first-order valence-corrected chi connectivity index (χ1v) is 6.35. The first kappa shape index (κ1) is 14.4. The molecule has 0 heterocycles. The molecule has 0 aliphatic carbocycles. The summed E-state index contributed by atoms with van der Waals surface area (Å²) < 4.78 is 18.8. The Kier molecular flexibility index (Phi) is 7.17. The van der Waals surface area contributed by atoms with Gasteiger partial charge in [-0.2, -0.15) is 0 Å². The van der Waals surface area contributed by atoms with E-state index in [9.17, 15) is 4.39 Å². The second-order valence-corrected chi connectivity index (χ2v) is 4.25. The van der Waals surface area contributed by atoms with Crippen LogP contribution in [0.4, 0.5) is 4.39 Å². The maximum absolute atomic E-state index is 13.4. The van der Waals surface area contributed by atoms with E-state index < -0.39 is 0 Å². The van der Waals surface area contributed by atoms with E-state index in [1.807, 2.05) is 0 Å². The summed E-state index contributed by atoms with van der Waals surface area (Å²) in [5, 5.41) is 3.57. The molecule has 0 aliphatic heterocycles. The summed E-state index contributed by atoms with van der Waals surface area (Å²) in [5.74, 6) is -0.267. The molecule has 0 unspecified atom stereocenters. The fourth-order valence-corrected chi connectivity index (χ4v) is 1.64. The van der Waals surface area contributed by atoms with Crippen molar-refractivity contribution < 1.29 is 9.13 Å². The van der Waals surface area contributed by atoms with Gasteiger partial charge in [-0.15, -0.1) is 0 Å². The molecule has 0 amide bonds. The van der Waals surface area contributed by atoms with E-state index in [2.05, 4.69) is 12.2 Å². The van der Waals surface area contributed by atoms with Gasteiger partial charge in [0.15, 0.2) is 0 Å². The third kappa shape index (κ3) is 5.48. The molecule has 4 heteroatoms. The van der Waals surface area contributed by atoms with Crippen LogP contribution in [0.15, 0.2) is 18.2 Å². The van der Waals surface area contributed by atoms with E-state index in [1.165, 1.54) is 6.07 Å². The molecule has 0 aliphatic rings. The van der Waals surface area contributed by atoms with Crippen molar-refractivity contribution >= 4 is 11.6 Å². The van der Waals surface area contributed by atoms with Gasteiger partial charge in [-0.3, -0.25) is 0 Å². The van der Waals surface area contributed by atoms with Crippen molar-refractivity contribution in [2.45, 2.75) is 26.3 Å². The highest BCUT2D eigenvalue weighted by atomic mass is 35.5. The standard InChI is InChI=1S/C13H19ClFNO/c1-2-3-8-17-9-7-16-10-11-12(14)5-4-6-13(11)15/h4-6,16H,2-3,7-10H2,1H3. The van der Waals surface area contributed by atoms with Crippen LogP contribution >= 0.6 is 11.6 Å². The quantitative estimate of drug-likeness (QED) is 0.723. The van der Waals surface area contributed by atoms with E-state index in [-0.39, 0.29) is 5.82 Å². The van der Waals surface area contributed by atoms with Crippen LogP contribution in [0.1, 0.15) is 25.3 Å². The van der Waals surface area contributed by atoms with Crippen LogP contribution in [0.5, 0.6) is 0 Å². The van der Waals surface area contributed by atoms with Gasteiger partial charge in [-0.25, -0.2) is 4.39 Å². The molecule has 0 fully saturated rings. The Hall–Kier alpha value is -0.640. The van der Waals surface area contributed by atoms with Gasteiger partial charge in [0.1, 0.15) is 5.82 Å². The lowest BCUT2D eigenvalue weighted by Gasteiger charge is -2.08. The van der Waals surface area contributed by atoms with Crippen molar-refractivity contribution in [3.8, 4) is 0 Å². The van der Waals surface area contributed by atoms with Crippen LogP contribution in [-0.2, 0) is 11.3 Å². The van der Waals surface area contributed by atoms with E-state index in [0.717, 1.165) is 19.4 Å². The van der Waals surface area contributed by atoms with Crippen molar-refractivity contribution in [2.24, 2.45) is 0 Å². The number of halogens is 2. The second-order valence-electron chi connectivity index (χ2n) is 3.84. The van der Waals surface area contributed by atoms with Crippen LogP contribution in [0.2, 0.25) is 5.02 Å². The molecule has 0 spiro atoms. The Morgan fingerprint density at radius 1 is 1.35 bits per heavy atom.